The molecular formula is C12H17BrOS2. The maximum Gasteiger partial charge on any atom is 0.0591 e. The molecule has 1 aliphatic rings. The van der Waals surface area contributed by atoms with Crippen LogP contribution in [0, 0.1) is 5.92 Å². The lowest BCUT2D eigenvalue weighted by Crippen LogP contribution is -2.19. The molecule has 2 rings (SSSR count). The van der Waals surface area contributed by atoms with Gasteiger partial charge in [-0.2, -0.15) is 11.8 Å². The number of aliphatic hydroxyl groups is 1. The van der Waals surface area contributed by atoms with Crippen molar-refractivity contribution >= 4 is 39.0 Å². The molecule has 1 nitrogen and oxygen atoms in total. The largest absolute Gasteiger partial charge is 0.393 e. The van der Waals surface area contributed by atoms with E-state index in [2.05, 4.69) is 27.4 Å². The fourth-order valence-electron chi connectivity index (χ4n) is 2.13. The molecule has 4 heteroatoms. The molecule has 0 saturated carbocycles. The third kappa shape index (κ3) is 3.76. The van der Waals surface area contributed by atoms with E-state index in [1.165, 1.54) is 29.2 Å². The number of hydrogen-bond donors (Lipinski definition) is 1. The molecule has 0 aliphatic carbocycles. The van der Waals surface area contributed by atoms with Gasteiger partial charge in [0.05, 0.1) is 6.10 Å². The minimum Gasteiger partial charge on any atom is -0.393 e. The van der Waals surface area contributed by atoms with Crippen LogP contribution in [0.3, 0.4) is 0 Å². The van der Waals surface area contributed by atoms with Gasteiger partial charge in [0.2, 0.25) is 0 Å². The Balaban J connectivity index is 1.79. The first-order chi connectivity index (χ1) is 7.75. The summed E-state index contributed by atoms with van der Waals surface area (Å²) in [6, 6.07) is 2.06. The summed E-state index contributed by atoms with van der Waals surface area (Å²) >= 11 is 7.29. The molecular weight excluding hydrogens is 304 g/mol. The predicted molar refractivity (Wildman–Crippen MR) is 76.4 cm³/mol. The highest BCUT2D eigenvalue weighted by atomic mass is 79.9. The molecule has 1 aliphatic heterocycles. The van der Waals surface area contributed by atoms with Crippen molar-refractivity contribution in [1.29, 1.82) is 0 Å². The van der Waals surface area contributed by atoms with E-state index in [0.717, 1.165) is 23.2 Å². The van der Waals surface area contributed by atoms with Crippen LogP contribution in [0.25, 0.3) is 0 Å². The van der Waals surface area contributed by atoms with E-state index in [0.29, 0.717) is 0 Å². The third-order valence-electron chi connectivity index (χ3n) is 3.06. The average Bonchev–Trinajstić information content (AvgIpc) is 2.66. The van der Waals surface area contributed by atoms with Crippen molar-refractivity contribution in [2.24, 2.45) is 5.92 Å². The third-order valence-corrected chi connectivity index (χ3v) is 6.06. The van der Waals surface area contributed by atoms with Crippen molar-refractivity contribution in [3.05, 3.63) is 20.8 Å². The Hall–Kier alpha value is 0.490. The molecule has 1 fully saturated rings. The lowest BCUT2D eigenvalue weighted by atomic mass is 9.94. The Morgan fingerprint density at radius 2 is 2.19 bits per heavy atom. The molecule has 2 heterocycles. The van der Waals surface area contributed by atoms with Crippen molar-refractivity contribution in [2.45, 2.75) is 31.8 Å². The molecule has 1 aromatic heterocycles. The summed E-state index contributed by atoms with van der Waals surface area (Å²) < 4.78 is 1.15. The first-order valence-electron chi connectivity index (χ1n) is 5.73. The first-order valence-corrected chi connectivity index (χ1v) is 8.56. The molecule has 0 aromatic carbocycles. The van der Waals surface area contributed by atoms with Crippen molar-refractivity contribution in [3.8, 4) is 0 Å². The van der Waals surface area contributed by atoms with Crippen LogP contribution in [-0.2, 0) is 6.42 Å². The molecule has 0 spiro atoms. The van der Waals surface area contributed by atoms with Crippen LogP contribution in [0.1, 0.15) is 24.1 Å². The van der Waals surface area contributed by atoms with Crippen LogP contribution in [0.4, 0.5) is 0 Å². The maximum absolute atomic E-state index is 10.1. The molecule has 1 atom stereocenters. The molecule has 1 N–H and O–H groups in total. The molecule has 0 radical (unpaired) electrons. The number of rotatable bonds is 4. The first kappa shape index (κ1) is 12.9. The van der Waals surface area contributed by atoms with Gasteiger partial charge in [0.15, 0.2) is 0 Å². The Bertz CT molecular complexity index is 321. The lowest BCUT2D eigenvalue weighted by molar-refractivity contribution is 0.140. The van der Waals surface area contributed by atoms with Crippen LogP contribution in [0.5, 0.6) is 0 Å². The Kier molecular flexibility index (Phi) is 5.20. The summed E-state index contributed by atoms with van der Waals surface area (Å²) in [5.74, 6) is 3.30. The molecule has 1 unspecified atom stereocenters. The maximum atomic E-state index is 10.1. The van der Waals surface area contributed by atoms with Crippen molar-refractivity contribution in [1.82, 2.24) is 0 Å². The van der Waals surface area contributed by atoms with Crippen LogP contribution in [0.2, 0.25) is 0 Å². The van der Waals surface area contributed by atoms with Crippen molar-refractivity contribution in [2.75, 3.05) is 11.5 Å². The summed E-state index contributed by atoms with van der Waals surface area (Å²) in [5, 5.41) is 12.1. The molecule has 90 valence electrons. The van der Waals surface area contributed by atoms with Gasteiger partial charge in [0.25, 0.3) is 0 Å². The van der Waals surface area contributed by atoms with Gasteiger partial charge >= 0.3 is 0 Å². The highest BCUT2D eigenvalue weighted by molar-refractivity contribution is 9.10. The molecule has 0 bridgehead atoms. The van der Waals surface area contributed by atoms with Crippen LogP contribution in [-0.4, -0.2) is 22.7 Å². The normalized spacial score (nSPS) is 19.9. The fraction of sp³-hybridized carbons (Fsp3) is 0.667. The Morgan fingerprint density at radius 1 is 1.44 bits per heavy atom. The second-order valence-electron chi connectivity index (χ2n) is 4.34. The van der Waals surface area contributed by atoms with Gasteiger partial charge in [-0.1, -0.05) is 0 Å². The number of thiophene rings is 1. The molecule has 0 amide bonds. The number of thioether (sulfide) groups is 1. The van der Waals surface area contributed by atoms with Crippen LogP contribution >= 0.6 is 39.0 Å². The minimum absolute atomic E-state index is 0.164. The van der Waals surface area contributed by atoms with E-state index in [4.69, 9.17) is 0 Å². The van der Waals surface area contributed by atoms with E-state index in [9.17, 15) is 5.11 Å². The van der Waals surface area contributed by atoms with Gasteiger partial charge < -0.3 is 5.11 Å². The van der Waals surface area contributed by atoms with Gasteiger partial charge in [-0.25, -0.2) is 0 Å². The summed E-state index contributed by atoms with van der Waals surface area (Å²) in [6.07, 6.45) is 4.19. The molecule has 1 saturated heterocycles. The van der Waals surface area contributed by atoms with Gasteiger partial charge in [0, 0.05) is 15.8 Å². The summed E-state index contributed by atoms with van der Waals surface area (Å²) in [7, 11) is 0. The monoisotopic (exact) mass is 320 g/mol. The van der Waals surface area contributed by atoms with Gasteiger partial charge in [-0.15, -0.1) is 11.3 Å². The molecule has 16 heavy (non-hydrogen) atoms. The Morgan fingerprint density at radius 3 is 2.81 bits per heavy atom. The van der Waals surface area contributed by atoms with Gasteiger partial charge in [-0.05, 0) is 64.1 Å². The summed E-state index contributed by atoms with van der Waals surface area (Å²) in [5.41, 5.74) is 0. The lowest BCUT2D eigenvalue weighted by Gasteiger charge is -2.23. The van der Waals surface area contributed by atoms with E-state index in [1.54, 1.807) is 11.3 Å². The second kappa shape index (κ2) is 6.43. The highest BCUT2D eigenvalue weighted by Gasteiger charge is 2.18. The number of halogens is 1. The zero-order valence-corrected chi connectivity index (χ0v) is 12.4. The summed E-state index contributed by atoms with van der Waals surface area (Å²) in [6.45, 7) is 0. The van der Waals surface area contributed by atoms with Crippen LogP contribution < -0.4 is 0 Å². The van der Waals surface area contributed by atoms with E-state index < -0.39 is 0 Å². The van der Waals surface area contributed by atoms with Crippen molar-refractivity contribution in [3.63, 3.8) is 0 Å². The zero-order chi connectivity index (χ0) is 11.4. The van der Waals surface area contributed by atoms with Gasteiger partial charge in [0.1, 0.15) is 0 Å². The zero-order valence-electron chi connectivity index (χ0n) is 9.19. The van der Waals surface area contributed by atoms with Crippen molar-refractivity contribution < 1.29 is 5.11 Å². The predicted octanol–water partition coefficient (Wildman–Crippen LogP) is 3.95. The van der Waals surface area contributed by atoms with E-state index >= 15 is 0 Å². The minimum atomic E-state index is -0.164. The number of aliphatic hydroxyl groups excluding tert-OH is 1. The number of hydrogen-bond acceptors (Lipinski definition) is 3. The van der Waals surface area contributed by atoms with E-state index in [-0.39, 0.29) is 6.10 Å². The quantitative estimate of drug-likeness (QED) is 0.906. The topological polar surface area (TPSA) is 20.2 Å². The highest BCUT2D eigenvalue weighted by Crippen LogP contribution is 2.29. The van der Waals surface area contributed by atoms with Gasteiger partial charge in [-0.3, -0.25) is 0 Å². The summed E-state index contributed by atoms with van der Waals surface area (Å²) in [4.78, 5) is 1.28. The average molecular weight is 321 g/mol. The standard InChI is InChI=1S/C12H17BrOS2/c13-11-3-6-16-12(11)8-10(14)7-9-1-4-15-5-2-9/h3,6,9-10,14H,1-2,4-5,7-8H2. The van der Waals surface area contributed by atoms with Crippen LogP contribution in [0.15, 0.2) is 15.9 Å². The smallest absolute Gasteiger partial charge is 0.0591 e. The second-order valence-corrected chi connectivity index (χ2v) is 7.42. The van der Waals surface area contributed by atoms with E-state index in [1.807, 2.05) is 11.8 Å². The fourth-order valence-corrected chi connectivity index (χ4v) is 4.93. The SMILES string of the molecule is OC(Cc1sccc1Br)CC1CCSCC1. The Labute approximate surface area is 114 Å². The molecule has 1 aromatic rings.